The number of benzene rings is 1. The maximum Gasteiger partial charge on any atom is 0.203 e. The van der Waals surface area contributed by atoms with Gasteiger partial charge in [-0.05, 0) is 22.4 Å². The Kier molecular flexibility index (Phi) is 3.16. The van der Waals surface area contributed by atoms with E-state index in [0.29, 0.717) is 0 Å². The second-order valence-electron chi connectivity index (χ2n) is 5.11. The Balaban J connectivity index is 2.43. The van der Waals surface area contributed by atoms with Gasteiger partial charge in [0.15, 0.2) is 0 Å². The topological polar surface area (TPSA) is 17.1 Å². The van der Waals surface area contributed by atoms with Crippen molar-refractivity contribution in [1.29, 1.82) is 0 Å². The predicted molar refractivity (Wildman–Crippen MR) is 72.9 cm³/mol. The first kappa shape index (κ1) is 12.1. The summed E-state index contributed by atoms with van der Waals surface area (Å²) in [5.74, 6) is 0.130. The van der Waals surface area contributed by atoms with Crippen molar-refractivity contribution >= 4 is 17.1 Å². The van der Waals surface area contributed by atoms with Crippen molar-refractivity contribution in [2.24, 2.45) is 0 Å². The SMILES string of the molecule is CC(C)(C)c1ccsc1C(=O)c1ccccc1. The molecule has 0 aliphatic rings. The van der Waals surface area contributed by atoms with Gasteiger partial charge in [0.05, 0.1) is 4.88 Å². The van der Waals surface area contributed by atoms with Crippen LogP contribution in [-0.4, -0.2) is 5.78 Å². The highest BCUT2D eigenvalue weighted by atomic mass is 32.1. The number of ketones is 1. The highest BCUT2D eigenvalue weighted by Crippen LogP contribution is 2.31. The molecule has 1 aromatic carbocycles. The van der Waals surface area contributed by atoms with Gasteiger partial charge in [-0.2, -0.15) is 0 Å². The second kappa shape index (κ2) is 4.46. The van der Waals surface area contributed by atoms with Crippen molar-refractivity contribution in [1.82, 2.24) is 0 Å². The standard InChI is InChI=1S/C15H16OS/c1-15(2,3)12-9-10-17-14(12)13(16)11-7-5-4-6-8-11/h4-10H,1-3H3. The first-order valence-electron chi connectivity index (χ1n) is 5.68. The Morgan fingerprint density at radius 3 is 2.29 bits per heavy atom. The number of thiophene rings is 1. The lowest BCUT2D eigenvalue weighted by Crippen LogP contribution is -2.14. The normalized spacial score (nSPS) is 11.5. The molecular weight excluding hydrogens is 228 g/mol. The molecule has 1 nitrogen and oxygen atoms in total. The summed E-state index contributed by atoms with van der Waals surface area (Å²) < 4.78 is 0. The molecule has 0 aliphatic carbocycles. The van der Waals surface area contributed by atoms with E-state index >= 15 is 0 Å². The summed E-state index contributed by atoms with van der Waals surface area (Å²) in [6, 6.07) is 11.5. The summed E-state index contributed by atoms with van der Waals surface area (Å²) in [6.45, 7) is 6.41. The monoisotopic (exact) mass is 244 g/mol. The number of hydrogen-bond acceptors (Lipinski definition) is 2. The number of carbonyl (C=O) groups excluding carboxylic acids is 1. The van der Waals surface area contributed by atoms with Crippen LogP contribution >= 0.6 is 11.3 Å². The van der Waals surface area contributed by atoms with Gasteiger partial charge < -0.3 is 0 Å². The first-order chi connectivity index (χ1) is 8.00. The van der Waals surface area contributed by atoms with Crippen molar-refractivity contribution in [3.05, 3.63) is 57.8 Å². The quantitative estimate of drug-likeness (QED) is 0.721. The fraction of sp³-hybridized carbons (Fsp3) is 0.267. The molecule has 0 saturated heterocycles. The molecule has 0 aliphatic heterocycles. The molecule has 0 atom stereocenters. The molecule has 2 heteroatoms. The molecule has 2 aromatic rings. The molecule has 0 fully saturated rings. The van der Waals surface area contributed by atoms with Gasteiger partial charge in [0.2, 0.25) is 5.78 Å². The van der Waals surface area contributed by atoms with E-state index in [9.17, 15) is 4.79 Å². The lowest BCUT2D eigenvalue weighted by molar-refractivity contribution is 0.104. The van der Waals surface area contributed by atoms with Crippen LogP contribution in [0, 0.1) is 0 Å². The van der Waals surface area contributed by atoms with Crippen molar-refractivity contribution in [2.75, 3.05) is 0 Å². The fourth-order valence-corrected chi connectivity index (χ4v) is 2.86. The fourth-order valence-electron chi connectivity index (χ4n) is 1.80. The van der Waals surface area contributed by atoms with E-state index < -0.39 is 0 Å². The first-order valence-corrected chi connectivity index (χ1v) is 6.56. The minimum absolute atomic E-state index is 0.0137. The van der Waals surface area contributed by atoms with Crippen LogP contribution < -0.4 is 0 Å². The Morgan fingerprint density at radius 2 is 1.71 bits per heavy atom. The van der Waals surface area contributed by atoms with Crippen LogP contribution in [0.2, 0.25) is 0 Å². The Hall–Kier alpha value is -1.41. The van der Waals surface area contributed by atoms with Crippen molar-refractivity contribution in [3.63, 3.8) is 0 Å². The number of carbonyl (C=O) groups is 1. The van der Waals surface area contributed by atoms with Crippen LogP contribution in [0.3, 0.4) is 0 Å². The zero-order chi connectivity index (χ0) is 12.5. The average Bonchev–Trinajstić information content (AvgIpc) is 2.78. The average molecular weight is 244 g/mol. The summed E-state index contributed by atoms with van der Waals surface area (Å²) in [5.41, 5.74) is 1.91. The smallest absolute Gasteiger partial charge is 0.203 e. The van der Waals surface area contributed by atoms with Crippen LogP contribution in [0.25, 0.3) is 0 Å². The molecule has 1 heterocycles. The largest absolute Gasteiger partial charge is 0.288 e. The zero-order valence-electron chi connectivity index (χ0n) is 10.4. The van der Waals surface area contributed by atoms with E-state index in [1.165, 1.54) is 11.3 Å². The highest BCUT2D eigenvalue weighted by molar-refractivity contribution is 7.12. The molecule has 1 aromatic heterocycles. The molecule has 88 valence electrons. The third kappa shape index (κ3) is 2.47. The summed E-state index contributed by atoms with van der Waals surface area (Å²) in [4.78, 5) is 13.2. The van der Waals surface area contributed by atoms with Gasteiger partial charge in [-0.1, -0.05) is 51.1 Å². The van der Waals surface area contributed by atoms with Gasteiger partial charge in [0.25, 0.3) is 0 Å². The zero-order valence-corrected chi connectivity index (χ0v) is 11.2. The summed E-state index contributed by atoms with van der Waals surface area (Å²) >= 11 is 1.53. The van der Waals surface area contributed by atoms with E-state index in [-0.39, 0.29) is 11.2 Å². The van der Waals surface area contributed by atoms with Gasteiger partial charge in [0.1, 0.15) is 0 Å². The minimum Gasteiger partial charge on any atom is -0.288 e. The third-order valence-electron chi connectivity index (χ3n) is 2.72. The van der Waals surface area contributed by atoms with E-state index in [1.54, 1.807) is 0 Å². The molecular formula is C15H16OS. The molecule has 0 unspecified atom stereocenters. The van der Waals surface area contributed by atoms with E-state index in [2.05, 4.69) is 26.8 Å². The van der Waals surface area contributed by atoms with Crippen molar-refractivity contribution < 1.29 is 4.79 Å². The second-order valence-corrected chi connectivity index (χ2v) is 6.02. The Labute approximate surface area is 106 Å². The van der Waals surface area contributed by atoms with Gasteiger partial charge in [-0.15, -0.1) is 11.3 Å². The van der Waals surface area contributed by atoms with Gasteiger partial charge >= 0.3 is 0 Å². The van der Waals surface area contributed by atoms with E-state index in [0.717, 1.165) is 16.0 Å². The molecule has 0 spiro atoms. The number of hydrogen-bond donors (Lipinski definition) is 0. The summed E-state index contributed by atoms with van der Waals surface area (Å²) in [6.07, 6.45) is 0. The summed E-state index contributed by atoms with van der Waals surface area (Å²) in [7, 11) is 0. The van der Waals surface area contributed by atoms with Crippen molar-refractivity contribution in [3.8, 4) is 0 Å². The van der Waals surface area contributed by atoms with Crippen molar-refractivity contribution in [2.45, 2.75) is 26.2 Å². The lowest BCUT2D eigenvalue weighted by Gasteiger charge is -2.18. The molecule has 0 bridgehead atoms. The molecule has 17 heavy (non-hydrogen) atoms. The molecule has 0 N–H and O–H groups in total. The number of rotatable bonds is 2. The molecule has 0 saturated carbocycles. The highest BCUT2D eigenvalue weighted by Gasteiger charge is 2.23. The van der Waals surface area contributed by atoms with Crippen LogP contribution in [-0.2, 0) is 5.41 Å². The Bertz CT molecular complexity index is 517. The van der Waals surface area contributed by atoms with E-state index in [4.69, 9.17) is 0 Å². The van der Waals surface area contributed by atoms with Crippen LogP contribution in [0.15, 0.2) is 41.8 Å². The maximum absolute atomic E-state index is 12.4. The van der Waals surface area contributed by atoms with Crippen LogP contribution in [0.1, 0.15) is 41.6 Å². The van der Waals surface area contributed by atoms with Gasteiger partial charge in [-0.25, -0.2) is 0 Å². The van der Waals surface area contributed by atoms with Crippen LogP contribution in [0.5, 0.6) is 0 Å². The van der Waals surface area contributed by atoms with E-state index in [1.807, 2.05) is 35.7 Å². The maximum atomic E-state index is 12.4. The molecule has 2 rings (SSSR count). The third-order valence-corrected chi connectivity index (χ3v) is 3.63. The van der Waals surface area contributed by atoms with Gasteiger partial charge in [-0.3, -0.25) is 4.79 Å². The molecule has 0 amide bonds. The lowest BCUT2D eigenvalue weighted by atomic mass is 9.86. The minimum atomic E-state index is 0.0137. The van der Waals surface area contributed by atoms with Crippen LogP contribution in [0.4, 0.5) is 0 Å². The Morgan fingerprint density at radius 1 is 1.06 bits per heavy atom. The van der Waals surface area contributed by atoms with Gasteiger partial charge in [0, 0.05) is 5.56 Å². The predicted octanol–water partition coefficient (Wildman–Crippen LogP) is 4.28. The molecule has 0 radical (unpaired) electrons. The summed E-state index contributed by atoms with van der Waals surface area (Å²) in [5, 5.41) is 2.00.